The number of ether oxygens (including phenoxy) is 1. The van der Waals surface area contributed by atoms with Crippen molar-refractivity contribution in [2.24, 2.45) is 0 Å². The number of carbonyl (C=O) groups excluding carboxylic acids is 1. The van der Waals surface area contributed by atoms with E-state index in [4.69, 9.17) is 4.74 Å². The van der Waals surface area contributed by atoms with E-state index in [9.17, 15) is 4.79 Å². The molecule has 0 saturated heterocycles. The van der Waals surface area contributed by atoms with Crippen LogP contribution in [-0.2, 0) is 6.42 Å². The van der Waals surface area contributed by atoms with Gasteiger partial charge in [0.15, 0.2) is 0 Å². The molecule has 0 saturated carbocycles. The van der Waals surface area contributed by atoms with Crippen LogP contribution in [0.25, 0.3) is 5.78 Å². The Morgan fingerprint density at radius 1 is 1.23 bits per heavy atom. The summed E-state index contributed by atoms with van der Waals surface area (Å²) in [5, 5.41) is 0. The highest BCUT2D eigenvalue weighted by Crippen LogP contribution is 2.17. The topological polar surface area (TPSA) is 56.5 Å². The van der Waals surface area contributed by atoms with Gasteiger partial charge in [0, 0.05) is 23.5 Å². The number of carbonyl (C=O) groups is 1. The summed E-state index contributed by atoms with van der Waals surface area (Å²) < 4.78 is 7.08. The van der Waals surface area contributed by atoms with Crippen molar-refractivity contribution in [2.45, 2.75) is 19.8 Å². The molecule has 5 nitrogen and oxygen atoms in total. The van der Waals surface area contributed by atoms with Gasteiger partial charge in [-0.05, 0) is 6.42 Å². The zero-order valence-corrected chi connectivity index (χ0v) is 12.6. The van der Waals surface area contributed by atoms with Gasteiger partial charge in [0.05, 0.1) is 7.11 Å². The summed E-state index contributed by atoms with van der Waals surface area (Å²) in [4.78, 5) is 21.2. The number of fused-ring (bicyclic) bond motifs is 1. The third kappa shape index (κ3) is 2.57. The van der Waals surface area contributed by atoms with Gasteiger partial charge in [0.25, 0.3) is 0 Å². The van der Waals surface area contributed by atoms with Gasteiger partial charge in [-0.2, -0.15) is 4.98 Å². The van der Waals surface area contributed by atoms with Crippen molar-refractivity contribution in [1.29, 1.82) is 0 Å². The molecule has 0 aliphatic carbocycles. The summed E-state index contributed by atoms with van der Waals surface area (Å²) in [7, 11) is 1.58. The molecule has 2 aromatic heterocycles. The van der Waals surface area contributed by atoms with Crippen molar-refractivity contribution in [3.05, 3.63) is 59.5 Å². The van der Waals surface area contributed by atoms with Crippen molar-refractivity contribution < 1.29 is 9.53 Å². The number of rotatable bonds is 5. The minimum Gasteiger partial charge on any atom is -0.481 e. The van der Waals surface area contributed by atoms with Crippen molar-refractivity contribution in [1.82, 2.24) is 14.4 Å². The Hall–Kier alpha value is -2.69. The number of imidazole rings is 1. The van der Waals surface area contributed by atoms with Crippen LogP contribution in [0.5, 0.6) is 5.88 Å². The first-order chi connectivity index (χ1) is 10.7. The molecule has 5 heteroatoms. The minimum absolute atomic E-state index is 0.104. The molecule has 0 fully saturated rings. The van der Waals surface area contributed by atoms with Gasteiger partial charge in [-0.15, -0.1) is 0 Å². The average molecular weight is 295 g/mol. The molecule has 3 rings (SSSR count). The second-order valence-electron chi connectivity index (χ2n) is 5.03. The maximum absolute atomic E-state index is 12.5. The third-order valence-electron chi connectivity index (χ3n) is 3.48. The summed E-state index contributed by atoms with van der Waals surface area (Å²) in [6.07, 6.45) is 3.61. The van der Waals surface area contributed by atoms with E-state index in [1.165, 1.54) is 0 Å². The van der Waals surface area contributed by atoms with Crippen LogP contribution in [0, 0.1) is 0 Å². The van der Waals surface area contributed by atoms with Crippen LogP contribution >= 0.6 is 0 Å². The molecular formula is C17H17N3O2. The van der Waals surface area contributed by atoms with Crippen molar-refractivity contribution in [2.75, 3.05) is 7.11 Å². The van der Waals surface area contributed by atoms with Crippen LogP contribution in [0.2, 0.25) is 0 Å². The lowest BCUT2D eigenvalue weighted by atomic mass is 10.1. The maximum atomic E-state index is 12.5. The van der Waals surface area contributed by atoms with Gasteiger partial charge in [-0.1, -0.05) is 43.7 Å². The van der Waals surface area contributed by atoms with Crippen molar-refractivity contribution in [3.63, 3.8) is 0 Å². The summed E-state index contributed by atoms with van der Waals surface area (Å²) >= 11 is 0. The first-order valence-electron chi connectivity index (χ1n) is 7.25. The Balaban J connectivity index is 2.09. The number of hydrogen-bond acceptors (Lipinski definition) is 4. The Labute approximate surface area is 128 Å². The van der Waals surface area contributed by atoms with E-state index in [1.54, 1.807) is 25.4 Å². The van der Waals surface area contributed by atoms with Gasteiger partial charge in [0.2, 0.25) is 17.4 Å². The number of ketones is 1. The third-order valence-corrected chi connectivity index (χ3v) is 3.48. The molecule has 0 amide bonds. The fourth-order valence-electron chi connectivity index (χ4n) is 2.40. The molecule has 0 N–H and O–H groups in total. The molecule has 3 aromatic rings. The number of nitrogens with zero attached hydrogens (tertiary/aromatic N) is 3. The SMILES string of the molecule is CCCc1cc(OC)nc2nc(C(=O)c3ccccc3)cn12. The summed E-state index contributed by atoms with van der Waals surface area (Å²) in [5.41, 5.74) is 2.04. The molecule has 0 aliphatic heterocycles. The van der Waals surface area contributed by atoms with Crippen LogP contribution in [-0.4, -0.2) is 27.3 Å². The van der Waals surface area contributed by atoms with Gasteiger partial charge >= 0.3 is 0 Å². The fourth-order valence-corrected chi connectivity index (χ4v) is 2.40. The zero-order valence-electron chi connectivity index (χ0n) is 12.6. The molecule has 1 aromatic carbocycles. The van der Waals surface area contributed by atoms with E-state index in [0.717, 1.165) is 18.5 Å². The van der Waals surface area contributed by atoms with Crippen molar-refractivity contribution in [3.8, 4) is 5.88 Å². The predicted octanol–water partition coefficient (Wildman–Crippen LogP) is 2.92. The fraction of sp³-hybridized carbons (Fsp3) is 0.235. The largest absolute Gasteiger partial charge is 0.481 e. The van der Waals surface area contributed by atoms with E-state index in [2.05, 4.69) is 16.9 Å². The molecular weight excluding hydrogens is 278 g/mol. The second-order valence-corrected chi connectivity index (χ2v) is 5.03. The highest BCUT2D eigenvalue weighted by molar-refractivity contribution is 6.07. The first kappa shape index (κ1) is 14.3. The molecule has 0 aliphatic rings. The average Bonchev–Trinajstić information content (AvgIpc) is 2.99. The lowest BCUT2D eigenvalue weighted by Gasteiger charge is -2.05. The highest BCUT2D eigenvalue weighted by atomic mass is 16.5. The number of benzene rings is 1. The number of aryl methyl sites for hydroxylation is 1. The molecule has 22 heavy (non-hydrogen) atoms. The van der Waals surface area contributed by atoms with Crippen LogP contribution in [0.15, 0.2) is 42.6 Å². The van der Waals surface area contributed by atoms with Crippen LogP contribution in [0.1, 0.15) is 35.1 Å². The normalized spacial score (nSPS) is 10.8. The molecule has 0 radical (unpaired) electrons. The van der Waals surface area contributed by atoms with Crippen LogP contribution in [0.3, 0.4) is 0 Å². The molecule has 0 atom stereocenters. The molecule has 2 heterocycles. The standard InChI is InChI=1S/C17H17N3O2/c1-3-7-13-10-15(22-2)19-17-18-14(11-20(13)17)16(21)12-8-5-4-6-9-12/h4-6,8-11H,3,7H2,1-2H3. The van der Waals surface area contributed by atoms with E-state index < -0.39 is 0 Å². The maximum Gasteiger partial charge on any atom is 0.237 e. The summed E-state index contributed by atoms with van der Waals surface area (Å²) in [6, 6.07) is 11.0. The number of methoxy groups -OCH3 is 1. The lowest BCUT2D eigenvalue weighted by Crippen LogP contribution is -2.01. The Morgan fingerprint density at radius 3 is 2.68 bits per heavy atom. The Kier molecular flexibility index (Phi) is 3.87. The molecule has 0 bridgehead atoms. The van der Waals surface area contributed by atoms with Gasteiger partial charge in [-0.25, -0.2) is 4.98 Å². The monoisotopic (exact) mass is 295 g/mol. The summed E-state index contributed by atoms with van der Waals surface area (Å²) in [6.45, 7) is 2.10. The van der Waals surface area contributed by atoms with E-state index >= 15 is 0 Å². The zero-order chi connectivity index (χ0) is 15.5. The highest BCUT2D eigenvalue weighted by Gasteiger charge is 2.16. The Morgan fingerprint density at radius 2 is 2.00 bits per heavy atom. The van der Waals surface area contributed by atoms with Crippen LogP contribution in [0.4, 0.5) is 0 Å². The van der Waals surface area contributed by atoms with Gasteiger partial charge in [-0.3, -0.25) is 9.20 Å². The lowest BCUT2D eigenvalue weighted by molar-refractivity contribution is 0.103. The second kappa shape index (κ2) is 5.97. The molecule has 0 spiro atoms. The molecule has 0 unspecified atom stereocenters. The van der Waals surface area contributed by atoms with E-state index in [0.29, 0.717) is 22.9 Å². The van der Waals surface area contributed by atoms with E-state index in [1.807, 2.05) is 28.7 Å². The van der Waals surface area contributed by atoms with Crippen LogP contribution < -0.4 is 4.74 Å². The van der Waals surface area contributed by atoms with Gasteiger partial charge in [0.1, 0.15) is 5.69 Å². The molecule has 112 valence electrons. The van der Waals surface area contributed by atoms with E-state index in [-0.39, 0.29) is 5.78 Å². The Bertz CT molecular complexity index is 809. The van der Waals surface area contributed by atoms with Gasteiger partial charge < -0.3 is 4.74 Å². The summed E-state index contributed by atoms with van der Waals surface area (Å²) in [5.74, 6) is 0.898. The quantitative estimate of drug-likeness (QED) is 0.679. The number of hydrogen-bond donors (Lipinski definition) is 0. The minimum atomic E-state index is -0.104. The predicted molar refractivity (Wildman–Crippen MR) is 83.4 cm³/mol. The first-order valence-corrected chi connectivity index (χ1v) is 7.25. The number of aromatic nitrogens is 3. The smallest absolute Gasteiger partial charge is 0.237 e. The van der Waals surface area contributed by atoms with Crippen molar-refractivity contribution >= 4 is 11.6 Å².